The molecular weight excluding hydrogens is 158 g/mol. The standard InChI is InChI=1S/C12H13N/c1-2-9-4-3-5-10(6-9)12-7-11(12)8-13/h1,3-6,11-12H,7-8,13H2/t11-,12-/m1/s1. The van der Waals surface area contributed by atoms with Crippen molar-refractivity contribution in [3.05, 3.63) is 35.4 Å². The fraction of sp³-hybridized carbons (Fsp3) is 0.333. The molecule has 2 N–H and O–H groups in total. The molecule has 0 saturated heterocycles. The molecule has 1 heteroatoms. The van der Waals surface area contributed by atoms with Crippen LogP contribution in [0.1, 0.15) is 23.5 Å². The lowest BCUT2D eigenvalue weighted by Crippen LogP contribution is -2.01. The van der Waals surface area contributed by atoms with Gasteiger partial charge in [-0.25, -0.2) is 0 Å². The molecule has 1 aromatic carbocycles. The summed E-state index contributed by atoms with van der Waals surface area (Å²) < 4.78 is 0. The molecule has 1 aromatic rings. The summed E-state index contributed by atoms with van der Waals surface area (Å²) in [5, 5.41) is 0. The summed E-state index contributed by atoms with van der Waals surface area (Å²) in [6.45, 7) is 0.797. The molecule has 0 radical (unpaired) electrons. The monoisotopic (exact) mass is 171 g/mol. The summed E-state index contributed by atoms with van der Waals surface area (Å²) >= 11 is 0. The number of terminal acetylenes is 1. The van der Waals surface area contributed by atoms with Crippen LogP contribution < -0.4 is 5.73 Å². The molecular formula is C12H13N. The first-order valence-corrected chi connectivity index (χ1v) is 4.62. The first-order valence-electron chi connectivity index (χ1n) is 4.62. The Morgan fingerprint density at radius 2 is 2.38 bits per heavy atom. The van der Waals surface area contributed by atoms with Gasteiger partial charge in [-0.1, -0.05) is 18.1 Å². The third kappa shape index (κ3) is 1.59. The lowest BCUT2D eigenvalue weighted by Gasteiger charge is -1.99. The van der Waals surface area contributed by atoms with E-state index < -0.39 is 0 Å². The van der Waals surface area contributed by atoms with Crippen LogP contribution in [0.15, 0.2) is 24.3 Å². The van der Waals surface area contributed by atoms with Crippen LogP contribution in [-0.4, -0.2) is 6.54 Å². The molecule has 1 saturated carbocycles. The molecule has 2 atom stereocenters. The molecule has 2 rings (SSSR count). The van der Waals surface area contributed by atoms with Gasteiger partial charge in [0, 0.05) is 5.56 Å². The van der Waals surface area contributed by atoms with E-state index in [1.807, 2.05) is 12.1 Å². The maximum absolute atomic E-state index is 5.59. The highest BCUT2D eigenvalue weighted by Gasteiger charge is 2.36. The van der Waals surface area contributed by atoms with E-state index in [1.165, 1.54) is 12.0 Å². The lowest BCUT2D eigenvalue weighted by atomic mass is 10.1. The minimum absolute atomic E-state index is 0.665. The van der Waals surface area contributed by atoms with Crippen LogP contribution in [0.2, 0.25) is 0 Å². The second-order valence-electron chi connectivity index (χ2n) is 3.61. The molecule has 0 bridgehead atoms. The third-order valence-corrected chi connectivity index (χ3v) is 2.71. The average Bonchev–Trinajstić information content (AvgIpc) is 2.97. The number of hydrogen-bond donors (Lipinski definition) is 1. The first-order chi connectivity index (χ1) is 6.35. The smallest absolute Gasteiger partial charge is 0.0245 e. The van der Waals surface area contributed by atoms with Gasteiger partial charge in [0.05, 0.1) is 0 Å². The summed E-state index contributed by atoms with van der Waals surface area (Å²) in [5.41, 5.74) is 7.92. The van der Waals surface area contributed by atoms with Gasteiger partial charge in [-0.15, -0.1) is 6.42 Å². The van der Waals surface area contributed by atoms with Crippen LogP contribution in [-0.2, 0) is 0 Å². The Labute approximate surface area is 79.0 Å². The number of benzene rings is 1. The molecule has 0 spiro atoms. The van der Waals surface area contributed by atoms with Crippen molar-refractivity contribution in [3.8, 4) is 12.3 Å². The normalized spacial score (nSPS) is 25.2. The highest BCUT2D eigenvalue weighted by atomic mass is 14.6. The van der Waals surface area contributed by atoms with E-state index in [-0.39, 0.29) is 0 Å². The SMILES string of the molecule is C#Cc1cccc([C@H]2C[C@@H]2CN)c1. The molecule has 1 nitrogen and oxygen atoms in total. The quantitative estimate of drug-likeness (QED) is 0.674. The van der Waals surface area contributed by atoms with E-state index in [2.05, 4.69) is 18.1 Å². The Morgan fingerprint density at radius 1 is 1.54 bits per heavy atom. The molecule has 1 aliphatic rings. The van der Waals surface area contributed by atoms with Gasteiger partial charge in [0.15, 0.2) is 0 Å². The van der Waals surface area contributed by atoms with Crippen molar-refractivity contribution in [2.45, 2.75) is 12.3 Å². The van der Waals surface area contributed by atoms with E-state index in [1.54, 1.807) is 0 Å². The molecule has 66 valence electrons. The second kappa shape index (κ2) is 3.24. The third-order valence-electron chi connectivity index (χ3n) is 2.71. The van der Waals surface area contributed by atoms with Crippen LogP contribution in [0.4, 0.5) is 0 Å². The number of hydrogen-bond acceptors (Lipinski definition) is 1. The van der Waals surface area contributed by atoms with Crippen LogP contribution in [0.5, 0.6) is 0 Å². The Balaban J connectivity index is 2.19. The van der Waals surface area contributed by atoms with Gasteiger partial charge in [0.1, 0.15) is 0 Å². The van der Waals surface area contributed by atoms with E-state index in [0.29, 0.717) is 11.8 Å². The van der Waals surface area contributed by atoms with Gasteiger partial charge < -0.3 is 5.73 Å². The average molecular weight is 171 g/mol. The molecule has 0 aromatic heterocycles. The second-order valence-corrected chi connectivity index (χ2v) is 3.61. The predicted molar refractivity (Wildman–Crippen MR) is 54.3 cm³/mol. The Morgan fingerprint density at radius 3 is 3.00 bits per heavy atom. The van der Waals surface area contributed by atoms with Crippen LogP contribution in [0.3, 0.4) is 0 Å². The number of rotatable bonds is 2. The summed E-state index contributed by atoms with van der Waals surface area (Å²) in [7, 11) is 0. The first kappa shape index (κ1) is 8.34. The minimum atomic E-state index is 0.665. The van der Waals surface area contributed by atoms with Crippen molar-refractivity contribution in [2.24, 2.45) is 11.7 Å². The van der Waals surface area contributed by atoms with Crippen molar-refractivity contribution in [1.29, 1.82) is 0 Å². The predicted octanol–water partition coefficient (Wildman–Crippen LogP) is 1.73. The van der Waals surface area contributed by atoms with E-state index >= 15 is 0 Å². The topological polar surface area (TPSA) is 26.0 Å². The Bertz CT molecular complexity index is 348. The van der Waals surface area contributed by atoms with Gasteiger partial charge >= 0.3 is 0 Å². The highest BCUT2D eigenvalue weighted by molar-refractivity contribution is 5.38. The molecule has 0 amide bonds. The zero-order chi connectivity index (χ0) is 9.26. The molecule has 0 aliphatic heterocycles. The van der Waals surface area contributed by atoms with Crippen molar-refractivity contribution < 1.29 is 0 Å². The maximum Gasteiger partial charge on any atom is 0.0245 e. The Hall–Kier alpha value is -1.26. The fourth-order valence-corrected chi connectivity index (χ4v) is 1.78. The van der Waals surface area contributed by atoms with Crippen LogP contribution >= 0.6 is 0 Å². The Kier molecular flexibility index (Phi) is 2.08. The zero-order valence-electron chi connectivity index (χ0n) is 7.53. The van der Waals surface area contributed by atoms with E-state index in [0.717, 1.165) is 12.1 Å². The minimum Gasteiger partial charge on any atom is -0.330 e. The van der Waals surface area contributed by atoms with E-state index in [9.17, 15) is 0 Å². The van der Waals surface area contributed by atoms with Gasteiger partial charge in [-0.05, 0) is 42.5 Å². The van der Waals surface area contributed by atoms with Crippen LogP contribution in [0.25, 0.3) is 0 Å². The van der Waals surface area contributed by atoms with Gasteiger partial charge in [0.25, 0.3) is 0 Å². The van der Waals surface area contributed by atoms with Crippen molar-refractivity contribution in [1.82, 2.24) is 0 Å². The van der Waals surface area contributed by atoms with Crippen molar-refractivity contribution in [3.63, 3.8) is 0 Å². The lowest BCUT2D eigenvalue weighted by molar-refractivity contribution is 0.809. The van der Waals surface area contributed by atoms with Gasteiger partial charge in [-0.3, -0.25) is 0 Å². The highest BCUT2D eigenvalue weighted by Crippen LogP contribution is 2.46. The molecule has 0 heterocycles. The van der Waals surface area contributed by atoms with Crippen LogP contribution in [0, 0.1) is 18.3 Å². The fourth-order valence-electron chi connectivity index (χ4n) is 1.78. The molecule has 0 unspecified atom stereocenters. The summed E-state index contributed by atoms with van der Waals surface area (Å²) in [6.07, 6.45) is 6.56. The van der Waals surface area contributed by atoms with Crippen molar-refractivity contribution in [2.75, 3.05) is 6.54 Å². The van der Waals surface area contributed by atoms with E-state index in [4.69, 9.17) is 12.2 Å². The molecule has 1 fully saturated rings. The van der Waals surface area contributed by atoms with Gasteiger partial charge in [-0.2, -0.15) is 0 Å². The maximum atomic E-state index is 5.59. The molecule has 13 heavy (non-hydrogen) atoms. The van der Waals surface area contributed by atoms with Gasteiger partial charge in [0.2, 0.25) is 0 Å². The largest absolute Gasteiger partial charge is 0.330 e. The zero-order valence-corrected chi connectivity index (χ0v) is 7.53. The summed E-state index contributed by atoms with van der Waals surface area (Å²) in [4.78, 5) is 0. The molecule has 1 aliphatic carbocycles. The summed E-state index contributed by atoms with van der Waals surface area (Å²) in [5.74, 6) is 4.00. The summed E-state index contributed by atoms with van der Waals surface area (Å²) in [6, 6.07) is 8.22. The number of nitrogens with two attached hydrogens (primary N) is 1. The van der Waals surface area contributed by atoms with Crippen molar-refractivity contribution >= 4 is 0 Å².